The normalized spacial score (nSPS) is 9.41. The Morgan fingerprint density at radius 3 is 1.64 bits per heavy atom. The maximum atomic E-state index is 10.7. The molecule has 3 aromatic carbocycles. The molecule has 3 amide bonds. The van der Waals surface area contributed by atoms with E-state index in [1.807, 2.05) is 30.3 Å². The molecule has 0 aromatic heterocycles. The molecule has 11 heteroatoms. The Hall–Kier alpha value is -5.06. The van der Waals surface area contributed by atoms with Crippen molar-refractivity contribution in [1.82, 2.24) is 5.32 Å². The number of nitro groups is 1. The van der Waals surface area contributed by atoms with Crippen LogP contribution in [0.15, 0.2) is 78.9 Å². The third-order valence-corrected chi connectivity index (χ3v) is 4.66. The number of para-hydroxylation sites is 1. The van der Waals surface area contributed by atoms with Crippen LogP contribution in [0.2, 0.25) is 0 Å². The van der Waals surface area contributed by atoms with Gasteiger partial charge in [-0.3, -0.25) is 29.3 Å². The van der Waals surface area contributed by atoms with E-state index in [-0.39, 0.29) is 29.8 Å². The van der Waals surface area contributed by atoms with Crippen molar-refractivity contribution < 1.29 is 29.2 Å². The molecule has 0 saturated heterocycles. The van der Waals surface area contributed by atoms with Gasteiger partial charge in [0.05, 0.1) is 11.3 Å². The lowest BCUT2D eigenvalue weighted by molar-refractivity contribution is -0.384. The maximum Gasteiger partial charge on any atom is 0.307 e. The molecule has 206 valence electrons. The van der Waals surface area contributed by atoms with E-state index in [1.165, 1.54) is 32.9 Å². The van der Waals surface area contributed by atoms with Crippen LogP contribution in [0.5, 0.6) is 0 Å². The van der Waals surface area contributed by atoms with E-state index in [1.54, 1.807) is 36.4 Å². The SMILES string of the molecule is CC(=O)NCCc1ccc([N+](=O)[O-])cc1.CC(=O)Nc1ccc(CC(=O)O)cc1.CC(=O)Nc1ccccc1. The monoisotopic (exact) mass is 536 g/mol. The van der Waals surface area contributed by atoms with Crippen LogP contribution in [-0.2, 0) is 32.0 Å². The average molecular weight is 537 g/mol. The number of rotatable bonds is 8. The first-order chi connectivity index (χ1) is 18.5. The number of hydrogen-bond acceptors (Lipinski definition) is 6. The lowest BCUT2D eigenvalue weighted by atomic mass is 10.1. The van der Waals surface area contributed by atoms with E-state index in [0.717, 1.165) is 11.3 Å². The summed E-state index contributed by atoms with van der Waals surface area (Å²) in [4.78, 5) is 52.0. The second-order valence-corrected chi connectivity index (χ2v) is 8.15. The Kier molecular flexibility index (Phi) is 14.3. The second kappa shape index (κ2) is 17.4. The zero-order chi connectivity index (χ0) is 29.2. The number of nitro benzene ring substituents is 1. The van der Waals surface area contributed by atoms with E-state index < -0.39 is 10.9 Å². The van der Waals surface area contributed by atoms with Crippen molar-refractivity contribution in [3.8, 4) is 0 Å². The van der Waals surface area contributed by atoms with Crippen LogP contribution in [0.1, 0.15) is 31.9 Å². The number of non-ortho nitro benzene ring substituents is 1. The van der Waals surface area contributed by atoms with Gasteiger partial charge in [-0.2, -0.15) is 0 Å². The summed E-state index contributed by atoms with van der Waals surface area (Å²) in [5.41, 5.74) is 3.28. The van der Waals surface area contributed by atoms with Crippen molar-refractivity contribution in [2.45, 2.75) is 33.6 Å². The first-order valence-corrected chi connectivity index (χ1v) is 11.8. The number of nitrogens with one attached hydrogen (secondary N) is 3. The molecule has 0 aliphatic carbocycles. The van der Waals surface area contributed by atoms with E-state index in [9.17, 15) is 29.3 Å². The molecule has 0 atom stereocenters. The van der Waals surface area contributed by atoms with Crippen LogP contribution in [-0.4, -0.2) is 40.3 Å². The van der Waals surface area contributed by atoms with Crippen LogP contribution in [0, 0.1) is 10.1 Å². The Morgan fingerprint density at radius 1 is 0.718 bits per heavy atom. The fourth-order valence-corrected chi connectivity index (χ4v) is 2.98. The molecule has 3 aromatic rings. The number of amides is 3. The number of carboxylic acids is 1. The molecule has 0 radical (unpaired) electrons. The minimum atomic E-state index is -0.864. The van der Waals surface area contributed by atoms with Crippen molar-refractivity contribution in [2.75, 3.05) is 17.2 Å². The number of aliphatic carboxylic acids is 1. The number of hydrogen-bond donors (Lipinski definition) is 4. The third kappa shape index (κ3) is 15.6. The Labute approximate surface area is 226 Å². The lowest BCUT2D eigenvalue weighted by Crippen LogP contribution is -2.22. The quantitative estimate of drug-likeness (QED) is 0.247. The van der Waals surface area contributed by atoms with E-state index in [0.29, 0.717) is 24.2 Å². The Morgan fingerprint density at radius 2 is 1.21 bits per heavy atom. The van der Waals surface area contributed by atoms with Gasteiger partial charge in [-0.15, -0.1) is 0 Å². The number of anilines is 2. The second-order valence-electron chi connectivity index (χ2n) is 8.15. The summed E-state index contributed by atoms with van der Waals surface area (Å²) in [5.74, 6) is -1.11. The van der Waals surface area contributed by atoms with Gasteiger partial charge in [-0.25, -0.2) is 0 Å². The third-order valence-electron chi connectivity index (χ3n) is 4.66. The summed E-state index contributed by atoms with van der Waals surface area (Å²) in [6, 6.07) is 22.4. The Bertz CT molecular complexity index is 1190. The summed E-state index contributed by atoms with van der Waals surface area (Å²) in [6.45, 7) is 4.92. The molecule has 4 N–H and O–H groups in total. The summed E-state index contributed by atoms with van der Waals surface area (Å²) in [6.07, 6.45) is 0.678. The molecule has 0 bridgehead atoms. The number of carbonyl (C=O) groups is 4. The predicted octanol–water partition coefficient (Wildman–Crippen LogP) is 4.19. The highest BCUT2D eigenvalue weighted by atomic mass is 16.6. The first-order valence-electron chi connectivity index (χ1n) is 11.8. The van der Waals surface area contributed by atoms with Gasteiger partial charge in [0.1, 0.15) is 0 Å². The zero-order valence-corrected chi connectivity index (χ0v) is 22.0. The molecule has 0 fully saturated rings. The number of carbonyl (C=O) groups excluding carboxylic acids is 3. The van der Waals surface area contributed by atoms with Crippen LogP contribution >= 0.6 is 0 Å². The van der Waals surface area contributed by atoms with Crippen LogP contribution in [0.4, 0.5) is 17.1 Å². The van der Waals surface area contributed by atoms with Gasteiger partial charge >= 0.3 is 5.97 Å². The van der Waals surface area contributed by atoms with Crippen molar-refractivity contribution in [1.29, 1.82) is 0 Å². The van der Waals surface area contributed by atoms with Crippen molar-refractivity contribution in [3.05, 3.63) is 100 Å². The molecule has 0 unspecified atom stereocenters. The summed E-state index contributed by atoms with van der Waals surface area (Å²) >= 11 is 0. The summed E-state index contributed by atoms with van der Waals surface area (Å²) < 4.78 is 0. The largest absolute Gasteiger partial charge is 0.481 e. The highest BCUT2D eigenvalue weighted by Gasteiger charge is 2.03. The topological polar surface area (TPSA) is 168 Å². The maximum absolute atomic E-state index is 10.7. The van der Waals surface area contributed by atoms with Crippen molar-refractivity contribution in [3.63, 3.8) is 0 Å². The van der Waals surface area contributed by atoms with E-state index >= 15 is 0 Å². The molecular formula is C28H32N4O7. The van der Waals surface area contributed by atoms with Crippen LogP contribution < -0.4 is 16.0 Å². The minimum absolute atomic E-state index is 0.000349. The van der Waals surface area contributed by atoms with Crippen molar-refractivity contribution in [2.24, 2.45) is 0 Å². The lowest BCUT2D eigenvalue weighted by Gasteiger charge is -2.02. The molecule has 39 heavy (non-hydrogen) atoms. The summed E-state index contributed by atoms with van der Waals surface area (Å²) in [5, 5.41) is 26.8. The van der Waals surface area contributed by atoms with Gasteiger partial charge in [-0.05, 0) is 41.8 Å². The predicted molar refractivity (Wildman–Crippen MR) is 148 cm³/mol. The number of carboxylic acid groups (broad SMARTS) is 1. The van der Waals surface area contributed by atoms with Crippen LogP contribution in [0.3, 0.4) is 0 Å². The molecule has 0 aliphatic heterocycles. The van der Waals surface area contributed by atoms with Gasteiger partial charge in [0.25, 0.3) is 5.69 Å². The number of benzene rings is 3. The summed E-state index contributed by atoms with van der Waals surface area (Å²) in [7, 11) is 0. The van der Waals surface area contributed by atoms with Gasteiger partial charge < -0.3 is 21.1 Å². The standard InChI is InChI=1S/C10H12N2O3.C10H11NO3.C8H9NO/c1-8(13)11-7-6-9-2-4-10(5-3-9)12(14)15;1-7(12)11-9-4-2-8(3-5-9)6-10(13)14;1-7(10)9-8-5-3-2-4-6-8/h2-5H,6-7H2,1H3,(H,11,13);2-5H,6H2,1H3,(H,11,12)(H,13,14);2-6H,1H3,(H,9,10). The van der Waals surface area contributed by atoms with Crippen LogP contribution in [0.25, 0.3) is 0 Å². The van der Waals surface area contributed by atoms with Gasteiger partial charge in [0.2, 0.25) is 17.7 Å². The smallest absolute Gasteiger partial charge is 0.307 e. The van der Waals surface area contributed by atoms with Gasteiger partial charge in [0.15, 0.2) is 0 Å². The molecular weight excluding hydrogens is 504 g/mol. The molecule has 0 saturated carbocycles. The number of nitrogens with zero attached hydrogens (tertiary/aromatic N) is 1. The fraction of sp³-hybridized carbons (Fsp3) is 0.214. The Balaban J connectivity index is 0.000000298. The van der Waals surface area contributed by atoms with Crippen molar-refractivity contribution >= 4 is 40.8 Å². The minimum Gasteiger partial charge on any atom is -0.481 e. The molecule has 0 heterocycles. The molecule has 0 spiro atoms. The molecule has 11 nitrogen and oxygen atoms in total. The fourth-order valence-electron chi connectivity index (χ4n) is 2.98. The van der Waals surface area contributed by atoms with Gasteiger partial charge in [-0.1, -0.05) is 42.5 Å². The first kappa shape index (κ1) is 32.0. The average Bonchev–Trinajstić information content (AvgIpc) is 2.86. The molecule has 3 rings (SSSR count). The highest BCUT2D eigenvalue weighted by Crippen LogP contribution is 2.12. The van der Waals surface area contributed by atoms with Gasteiger partial charge in [0, 0.05) is 50.8 Å². The van der Waals surface area contributed by atoms with E-state index in [2.05, 4.69) is 16.0 Å². The zero-order valence-electron chi connectivity index (χ0n) is 22.0. The highest BCUT2D eigenvalue weighted by molar-refractivity contribution is 5.89. The van der Waals surface area contributed by atoms with E-state index in [4.69, 9.17) is 5.11 Å². The molecule has 0 aliphatic rings.